The fourth-order valence-corrected chi connectivity index (χ4v) is 3.13. The minimum atomic E-state index is -0.0704. The van der Waals surface area contributed by atoms with E-state index in [1.807, 2.05) is 32.2 Å². The maximum absolute atomic E-state index is 12.5. The van der Waals surface area contributed by atoms with Crippen molar-refractivity contribution in [1.82, 2.24) is 9.80 Å². The van der Waals surface area contributed by atoms with Gasteiger partial charge in [-0.05, 0) is 42.4 Å². The highest BCUT2D eigenvalue weighted by molar-refractivity contribution is 9.10. The Hall–Kier alpha value is -1.60. The SMILES string of the molecule is CCCN1C(=O)C(=Cc2cc3c(cc2Br)OCO3)N(C)C1=S. The van der Waals surface area contributed by atoms with Crippen LogP contribution in [0.1, 0.15) is 18.9 Å². The first-order chi connectivity index (χ1) is 10.5. The van der Waals surface area contributed by atoms with Crippen molar-refractivity contribution in [3.63, 3.8) is 0 Å². The molecule has 2 heterocycles. The number of halogens is 1. The zero-order valence-electron chi connectivity index (χ0n) is 12.3. The van der Waals surface area contributed by atoms with Gasteiger partial charge in [-0.25, -0.2) is 0 Å². The summed E-state index contributed by atoms with van der Waals surface area (Å²) in [5.74, 6) is 1.30. The summed E-state index contributed by atoms with van der Waals surface area (Å²) in [5.41, 5.74) is 1.40. The van der Waals surface area contributed by atoms with Crippen molar-refractivity contribution < 1.29 is 14.3 Å². The number of carbonyl (C=O) groups is 1. The number of rotatable bonds is 3. The molecule has 1 amide bonds. The second-order valence-corrected chi connectivity index (χ2v) is 6.27. The second-order valence-electron chi connectivity index (χ2n) is 5.05. The summed E-state index contributed by atoms with van der Waals surface area (Å²) in [5, 5.41) is 0.537. The molecule has 1 aromatic rings. The highest BCUT2D eigenvalue weighted by atomic mass is 79.9. The van der Waals surface area contributed by atoms with E-state index in [2.05, 4.69) is 15.9 Å². The van der Waals surface area contributed by atoms with Crippen molar-refractivity contribution >= 4 is 45.2 Å². The summed E-state index contributed by atoms with van der Waals surface area (Å²) in [7, 11) is 1.81. The van der Waals surface area contributed by atoms with E-state index in [1.165, 1.54) is 0 Å². The minimum Gasteiger partial charge on any atom is -0.454 e. The third-order valence-corrected chi connectivity index (χ3v) is 4.76. The fraction of sp³-hybridized carbons (Fsp3) is 0.333. The smallest absolute Gasteiger partial charge is 0.276 e. The molecular formula is C15H15BrN2O3S. The third-order valence-electron chi connectivity index (χ3n) is 3.57. The molecule has 0 unspecified atom stereocenters. The predicted molar refractivity (Wildman–Crippen MR) is 90.6 cm³/mol. The monoisotopic (exact) mass is 382 g/mol. The summed E-state index contributed by atoms with van der Waals surface area (Å²) in [4.78, 5) is 15.9. The highest BCUT2D eigenvalue weighted by Gasteiger charge is 2.35. The van der Waals surface area contributed by atoms with Crippen LogP contribution >= 0.6 is 28.1 Å². The maximum atomic E-state index is 12.5. The summed E-state index contributed by atoms with van der Waals surface area (Å²) < 4.78 is 11.6. The maximum Gasteiger partial charge on any atom is 0.276 e. The normalized spacial score (nSPS) is 18.8. The number of fused-ring (bicyclic) bond motifs is 1. The zero-order valence-corrected chi connectivity index (χ0v) is 14.7. The number of likely N-dealkylation sites (N-methyl/N-ethyl adjacent to an activating group) is 1. The molecule has 22 heavy (non-hydrogen) atoms. The highest BCUT2D eigenvalue weighted by Crippen LogP contribution is 2.38. The van der Waals surface area contributed by atoms with Crippen molar-refractivity contribution in [2.75, 3.05) is 20.4 Å². The number of ether oxygens (including phenoxy) is 2. The topological polar surface area (TPSA) is 42.0 Å². The van der Waals surface area contributed by atoms with Crippen molar-refractivity contribution in [2.24, 2.45) is 0 Å². The quantitative estimate of drug-likeness (QED) is 0.593. The Morgan fingerprint density at radius 2 is 2.05 bits per heavy atom. The average Bonchev–Trinajstić information content (AvgIpc) is 3.01. The Bertz CT molecular complexity index is 690. The van der Waals surface area contributed by atoms with Crippen LogP contribution in [0.4, 0.5) is 0 Å². The van der Waals surface area contributed by atoms with Gasteiger partial charge in [0.15, 0.2) is 16.6 Å². The molecule has 1 saturated heterocycles. The lowest BCUT2D eigenvalue weighted by molar-refractivity contribution is -0.122. The number of carbonyl (C=O) groups excluding carboxylic acids is 1. The Labute approximate surface area is 142 Å². The molecule has 0 spiro atoms. The average molecular weight is 383 g/mol. The van der Waals surface area contributed by atoms with Gasteiger partial charge in [0.1, 0.15) is 5.70 Å². The largest absolute Gasteiger partial charge is 0.454 e. The first-order valence-corrected chi connectivity index (χ1v) is 8.13. The molecule has 1 aromatic carbocycles. The molecule has 3 rings (SSSR count). The molecular weight excluding hydrogens is 368 g/mol. The zero-order chi connectivity index (χ0) is 15.9. The Morgan fingerprint density at radius 3 is 2.73 bits per heavy atom. The predicted octanol–water partition coefficient (Wildman–Crippen LogP) is 2.99. The molecule has 5 nitrogen and oxygen atoms in total. The summed E-state index contributed by atoms with van der Waals surface area (Å²) in [6.45, 7) is 2.86. The molecule has 116 valence electrons. The molecule has 0 saturated carbocycles. The molecule has 0 radical (unpaired) electrons. The van der Waals surface area contributed by atoms with Crippen LogP contribution in [0.25, 0.3) is 6.08 Å². The summed E-state index contributed by atoms with van der Waals surface area (Å²) in [6.07, 6.45) is 2.68. The summed E-state index contributed by atoms with van der Waals surface area (Å²) >= 11 is 8.85. The van der Waals surface area contributed by atoms with Crippen LogP contribution in [0.3, 0.4) is 0 Å². The van der Waals surface area contributed by atoms with Gasteiger partial charge in [-0.1, -0.05) is 22.9 Å². The Balaban J connectivity index is 1.98. The number of benzene rings is 1. The van der Waals surface area contributed by atoms with E-state index in [1.54, 1.807) is 9.80 Å². The van der Waals surface area contributed by atoms with Crippen LogP contribution in [0.15, 0.2) is 22.3 Å². The van der Waals surface area contributed by atoms with E-state index in [0.29, 0.717) is 28.9 Å². The number of hydrogen-bond donors (Lipinski definition) is 0. The lowest BCUT2D eigenvalue weighted by atomic mass is 10.1. The van der Waals surface area contributed by atoms with Crippen molar-refractivity contribution in [2.45, 2.75) is 13.3 Å². The standard InChI is InChI=1S/C15H15BrN2O3S/c1-3-4-18-14(19)11(17(2)15(18)22)5-9-6-12-13(7-10(9)16)21-8-20-12/h5-7H,3-4,8H2,1-2H3. The lowest BCUT2D eigenvalue weighted by Crippen LogP contribution is -2.31. The molecule has 0 bridgehead atoms. The Kier molecular flexibility index (Phi) is 4.10. The second kappa shape index (κ2) is 5.89. The van der Waals surface area contributed by atoms with E-state index < -0.39 is 0 Å². The van der Waals surface area contributed by atoms with E-state index in [0.717, 1.165) is 16.5 Å². The van der Waals surface area contributed by atoms with Crippen molar-refractivity contribution in [3.8, 4) is 11.5 Å². The summed E-state index contributed by atoms with van der Waals surface area (Å²) in [6, 6.07) is 3.70. The first kappa shape index (κ1) is 15.3. The fourth-order valence-electron chi connectivity index (χ4n) is 2.42. The van der Waals surface area contributed by atoms with Gasteiger partial charge >= 0.3 is 0 Å². The van der Waals surface area contributed by atoms with Gasteiger partial charge in [0.25, 0.3) is 5.91 Å². The van der Waals surface area contributed by atoms with Crippen LogP contribution in [-0.2, 0) is 4.79 Å². The molecule has 7 heteroatoms. The van der Waals surface area contributed by atoms with Crippen LogP contribution in [0.5, 0.6) is 11.5 Å². The van der Waals surface area contributed by atoms with Gasteiger partial charge in [0, 0.05) is 18.1 Å². The molecule has 0 atom stereocenters. The van der Waals surface area contributed by atoms with E-state index >= 15 is 0 Å². The van der Waals surface area contributed by atoms with Crippen LogP contribution in [0, 0.1) is 0 Å². The van der Waals surface area contributed by atoms with Crippen LogP contribution in [-0.4, -0.2) is 41.2 Å². The van der Waals surface area contributed by atoms with Gasteiger partial charge in [-0.3, -0.25) is 9.69 Å². The lowest BCUT2D eigenvalue weighted by Gasteiger charge is -2.14. The van der Waals surface area contributed by atoms with Gasteiger partial charge in [0.2, 0.25) is 6.79 Å². The van der Waals surface area contributed by atoms with Gasteiger partial charge in [-0.15, -0.1) is 0 Å². The van der Waals surface area contributed by atoms with Gasteiger partial charge in [0.05, 0.1) is 0 Å². The third kappa shape index (κ3) is 2.48. The van der Waals surface area contributed by atoms with Crippen LogP contribution in [0.2, 0.25) is 0 Å². The number of nitrogens with zero attached hydrogens (tertiary/aromatic N) is 2. The molecule has 2 aliphatic rings. The Morgan fingerprint density at radius 1 is 1.36 bits per heavy atom. The van der Waals surface area contributed by atoms with Gasteiger partial charge < -0.3 is 14.4 Å². The van der Waals surface area contributed by atoms with Crippen LogP contribution < -0.4 is 9.47 Å². The molecule has 2 aliphatic heterocycles. The molecule has 0 aliphatic carbocycles. The number of thiocarbonyl (C=S) groups is 1. The van der Waals surface area contributed by atoms with E-state index in [-0.39, 0.29) is 12.7 Å². The number of hydrogen-bond acceptors (Lipinski definition) is 4. The van der Waals surface area contributed by atoms with Crippen molar-refractivity contribution in [1.29, 1.82) is 0 Å². The molecule has 0 N–H and O–H groups in total. The van der Waals surface area contributed by atoms with Crippen molar-refractivity contribution in [3.05, 3.63) is 27.9 Å². The molecule has 1 fully saturated rings. The van der Waals surface area contributed by atoms with Gasteiger partial charge in [-0.2, -0.15) is 0 Å². The number of amides is 1. The van der Waals surface area contributed by atoms with E-state index in [4.69, 9.17) is 21.7 Å². The first-order valence-electron chi connectivity index (χ1n) is 6.93. The van der Waals surface area contributed by atoms with E-state index in [9.17, 15) is 4.79 Å². The minimum absolute atomic E-state index is 0.0704. The molecule has 0 aromatic heterocycles.